The summed E-state index contributed by atoms with van der Waals surface area (Å²) >= 11 is 0. The highest BCUT2D eigenvalue weighted by molar-refractivity contribution is 5.69. The summed E-state index contributed by atoms with van der Waals surface area (Å²) in [6.07, 6.45) is 1.27. The third-order valence-corrected chi connectivity index (χ3v) is 4.56. The topological polar surface area (TPSA) is 29.5 Å². The summed E-state index contributed by atoms with van der Waals surface area (Å²) < 4.78 is 5.98. The summed E-state index contributed by atoms with van der Waals surface area (Å²) in [5.41, 5.74) is 0.634. The zero-order valence-electron chi connectivity index (χ0n) is 12.9. The number of rotatable bonds is 3. The molecule has 0 amide bonds. The second-order valence-electron chi connectivity index (χ2n) is 5.98. The van der Waals surface area contributed by atoms with Gasteiger partial charge in [-0.2, -0.15) is 0 Å². The largest absolute Gasteiger partial charge is 0.454 e. The van der Waals surface area contributed by atoms with Gasteiger partial charge in [0, 0.05) is 31.3 Å². The number of piperidine rings is 1. The first-order chi connectivity index (χ1) is 9.49. The van der Waals surface area contributed by atoms with Crippen LogP contribution in [0.1, 0.15) is 39.2 Å². The molecule has 2 rings (SSSR count). The van der Waals surface area contributed by atoms with E-state index in [1.165, 1.54) is 0 Å². The molecule has 0 N–H and O–H groups in total. The Hall–Kier alpha value is -1.35. The summed E-state index contributed by atoms with van der Waals surface area (Å²) in [6.45, 7) is 7.17. The van der Waals surface area contributed by atoms with E-state index in [1.54, 1.807) is 0 Å². The lowest BCUT2D eigenvalue weighted by atomic mass is 9.74. The first-order valence-corrected chi connectivity index (χ1v) is 7.47. The molecular weight excluding hydrogens is 250 g/mol. The van der Waals surface area contributed by atoms with Crippen molar-refractivity contribution in [3.8, 4) is 0 Å². The predicted molar refractivity (Wildman–Crippen MR) is 80.4 cm³/mol. The van der Waals surface area contributed by atoms with E-state index in [0.29, 0.717) is 12.5 Å². The van der Waals surface area contributed by atoms with E-state index in [9.17, 15) is 4.79 Å². The Bertz CT molecular complexity index is 459. The van der Waals surface area contributed by atoms with Gasteiger partial charge in [-0.25, -0.2) is 0 Å². The standard InChI is InChI=1S/C17H25NO2/c1-5-16(19)20-17(15-9-7-6-8-10-15)11-14(3)18(4)12-13(17)2/h6-10,13-14H,5,11-12H2,1-4H3/t13-,14+,17-/m1/s1. The fraction of sp³-hybridized carbons (Fsp3) is 0.588. The van der Waals surface area contributed by atoms with Gasteiger partial charge in [0.15, 0.2) is 0 Å². The Morgan fingerprint density at radius 2 is 2.00 bits per heavy atom. The highest BCUT2D eigenvalue weighted by atomic mass is 16.6. The molecule has 1 aromatic rings. The number of carbonyl (C=O) groups is 1. The minimum Gasteiger partial charge on any atom is -0.454 e. The van der Waals surface area contributed by atoms with Crippen molar-refractivity contribution >= 4 is 5.97 Å². The van der Waals surface area contributed by atoms with Crippen molar-refractivity contribution in [3.05, 3.63) is 35.9 Å². The van der Waals surface area contributed by atoms with Crippen molar-refractivity contribution < 1.29 is 9.53 Å². The molecule has 1 saturated heterocycles. The lowest BCUT2D eigenvalue weighted by Crippen LogP contribution is -2.53. The molecule has 20 heavy (non-hydrogen) atoms. The van der Waals surface area contributed by atoms with Crippen molar-refractivity contribution in [1.82, 2.24) is 4.90 Å². The average Bonchev–Trinajstić information content (AvgIpc) is 2.45. The molecule has 0 bridgehead atoms. The van der Waals surface area contributed by atoms with Crippen LogP contribution in [0, 0.1) is 5.92 Å². The molecule has 0 saturated carbocycles. The molecule has 0 aliphatic carbocycles. The van der Waals surface area contributed by atoms with Crippen LogP contribution in [-0.4, -0.2) is 30.5 Å². The van der Waals surface area contributed by atoms with Crippen LogP contribution in [0.4, 0.5) is 0 Å². The van der Waals surface area contributed by atoms with Gasteiger partial charge in [0.05, 0.1) is 0 Å². The number of ether oxygens (including phenoxy) is 1. The summed E-state index contributed by atoms with van der Waals surface area (Å²) in [7, 11) is 2.14. The Morgan fingerprint density at radius 3 is 2.60 bits per heavy atom. The fourth-order valence-electron chi connectivity index (χ4n) is 3.15. The smallest absolute Gasteiger partial charge is 0.306 e. The van der Waals surface area contributed by atoms with Crippen LogP contribution >= 0.6 is 0 Å². The number of carbonyl (C=O) groups excluding carboxylic acids is 1. The summed E-state index contributed by atoms with van der Waals surface area (Å²) in [4.78, 5) is 14.3. The highest BCUT2D eigenvalue weighted by Crippen LogP contribution is 2.43. The van der Waals surface area contributed by atoms with Crippen LogP contribution in [0.5, 0.6) is 0 Å². The molecule has 1 aliphatic rings. The molecule has 1 fully saturated rings. The lowest BCUT2D eigenvalue weighted by molar-refractivity contribution is -0.177. The van der Waals surface area contributed by atoms with Crippen LogP contribution in [0.15, 0.2) is 30.3 Å². The molecule has 1 aromatic carbocycles. The number of hydrogen-bond acceptors (Lipinski definition) is 3. The van der Waals surface area contributed by atoms with E-state index in [-0.39, 0.29) is 11.9 Å². The third kappa shape index (κ3) is 2.73. The van der Waals surface area contributed by atoms with Crippen molar-refractivity contribution in [2.75, 3.05) is 13.6 Å². The minimum absolute atomic E-state index is 0.113. The Morgan fingerprint density at radius 1 is 1.35 bits per heavy atom. The van der Waals surface area contributed by atoms with Crippen molar-refractivity contribution in [2.45, 2.75) is 45.3 Å². The van der Waals surface area contributed by atoms with E-state index in [1.807, 2.05) is 25.1 Å². The van der Waals surface area contributed by atoms with Gasteiger partial charge < -0.3 is 9.64 Å². The molecule has 0 aromatic heterocycles. The second kappa shape index (κ2) is 5.96. The van der Waals surface area contributed by atoms with E-state index < -0.39 is 5.60 Å². The van der Waals surface area contributed by atoms with Gasteiger partial charge >= 0.3 is 5.97 Å². The minimum atomic E-state index is -0.486. The van der Waals surface area contributed by atoms with Gasteiger partial charge in [0.25, 0.3) is 0 Å². The zero-order valence-corrected chi connectivity index (χ0v) is 12.9. The highest BCUT2D eigenvalue weighted by Gasteiger charge is 2.46. The van der Waals surface area contributed by atoms with Crippen LogP contribution in [0.25, 0.3) is 0 Å². The monoisotopic (exact) mass is 275 g/mol. The number of nitrogens with zero attached hydrogens (tertiary/aromatic N) is 1. The number of benzene rings is 1. The number of hydrogen-bond donors (Lipinski definition) is 0. The number of esters is 1. The summed E-state index contributed by atoms with van der Waals surface area (Å²) in [5, 5.41) is 0. The van der Waals surface area contributed by atoms with Gasteiger partial charge in [-0.3, -0.25) is 4.79 Å². The van der Waals surface area contributed by atoms with Gasteiger partial charge in [0.2, 0.25) is 0 Å². The summed E-state index contributed by atoms with van der Waals surface area (Å²) in [5.74, 6) is 0.166. The Balaban J connectivity index is 2.41. The first kappa shape index (κ1) is 15.0. The van der Waals surface area contributed by atoms with Gasteiger partial charge in [0.1, 0.15) is 5.60 Å². The van der Waals surface area contributed by atoms with E-state index >= 15 is 0 Å². The average molecular weight is 275 g/mol. The van der Waals surface area contributed by atoms with Crippen LogP contribution < -0.4 is 0 Å². The first-order valence-electron chi connectivity index (χ1n) is 7.47. The molecule has 1 heterocycles. The maximum absolute atomic E-state index is 12.0. The second-order valence-corrected chi connectivity index (χ2v) is 5.98. The SMILES string of the molecule is CCC(=O)O[C@]1(c2ccccc2)C[C@H](C)N(C)C[C@H]1C. The van der Waals surface area contributed by atoms with Gasteiger partial charge in [-0.15, -0.1) is 0 Å². The molecule has 110 valence electrons. The Kier molecular flexibility index (Phi) is 4.48. The van der Waals surface area contributed by atoms with Crippen molar-refractivity contribution in [1.29, 1.82) is 0 Å². The van der Waals surface area contributed by atoms with Crippen molar-refractivity contribution in [2.24, 2.45) is 5.92 Å². The molecule has 0 radical (unpaired) electrons. The van der Waals surface area contributed by atoms with E-state index in [2.05, 4.69) is 37.9 Å². The Labute approximate surface area is 121 Å². The molecule has 3 heteroatoms. The fourth-order valence-corrected chi connectivity index (χ4v) is 3.15. The van der Waals surface area contributed by atoms with Crippen LogP contribution in [0.3, 0.4) is 0 Å². The van der Waals surface area contributed by atoms with Crippen molar-refractivity contribution in [3.63, 3.8) is 0 Å². The zero-order chi connectivity index (χ0) is 14.8. The summed E-state index contributed by atoms with van der Waals surface area (Å²) in [6, 6.07) is 10.6. The van der Waals surface area contributed by atoms with Gasteiger partial charge in [-0.05, 0) is 19.5 Å². The molecular formula is C17H25NO2. The number of likely N-dealkylation sites (tertiary alicyclic amines) is 1. The van der Waals surface area contributed by atoms with E-state index in [0.717, 1.165) is 18.5 Å². The van der Waals surface area contributed by atoms with E-state index in [4.69, 9.17) is 4.74 Å². The normalized spacial score (nSPS) is 31.0. The molecule has 3 nitrogen and oxygen atoms in total. The lowest BCUT2D eigenvalue weighted by Gasteiger charge is -2.48. The van der Waals surface area contributed by atoms with Crippen LogP contribution in [0.2, 0.25) is 0 Å². The molecule has 1 aliphatic heterocycles. The molecule has 0 unspecified atom stereocenters. The maximum Gasteiger partial charge on any atom is 0.306 e. The third-order valence-electron chi connectivity index (χ3n) is 4.56. The van der Waals surface area contributed by atoms with Crippen LogP contribution in [-0.2, 0) is 15.1 Å². The molecule has 0 spiro atoms. The van der Waals surface area contributed by atoms with Gasteiger partial charge in [-0.1, -0.05) is 44.2 Å². The maximum atomic E-state index is 12.0. The molecule has 3 atom stereocenters. The quantitative estimate of drug-likeness (QED) is 0.793. The predicted octanol–water partition coefficient (Wildman–Crippen LogP) is 3.20.